The summed E-state index contributed by atoms with van der Waals surface area (Å²) in [5, 5.41) is 3.64. The number of rotatable bonds is 4. The molecule has 0 unspecified atom stereocenters. The van der Waals surface area contributed by atoms with E-state index in [-0.39, 0.29) is 16.9 Å². The highest BCUT2D eigenvalue weighted by atomic mass is 19.3. The molecule has 5 heteroatoms. The van der Waals surface area contributed by atoms with E-state index in [0.717, 1.165) is 29.4 Å². The van der Waals surface area contributed by atoms with Gasteiger partial charge < -0.3 is 10.3 Å². The van der Waals surface area contributed by atoms with Crippen LogP contribution in [0.2, 0.25) is 0 Å². The average molecular weight is 322 g/mol. The SMILES string of the molecule is CC.Cc1cc2[nH]c(CNC(=O)C3(C)CC3)cc2cc1C(F)F. The van der Waals surface area contributed by atoms with E-state index in [1.165, 1.54) is 6.07 Å². The third-order valence-corrected chi connectivity index (χ3v) is 4.29. The Kier molecular flexibility index (Phi) is 5.07. The van der Waals surface area contributed by atoms with Crippen LogP contribution in [-0.2, 0) is 11.3 Å². The third-order valence-electron chi connectivity index (χ3n) is 4.29. The Bertz CT molecular complexity index is 702. The molecule has 1 amide bonds. The number of halogens is 2. The molecule has 1 fully saturated rings. The van der Waals surface area contributed by atoms with Gasteiger partial charge in [-0.25, -0.2) is 8.78 Å². The normalized spacial score (nSPS) is 15.3. The number of alkyl halides is 2. The molecular weight excluding hydrogens is 298 g/mol. The topological polar surface area (TPSA) is 44.9 Å². The summed E-state index contributed by atoms with van der Waals surface area (Å²) in [5.74, 6) is 0.0607. The first-order chi connectivity index (χ1) is 10.9. The number of hydrogen-bond donors (Lipinski definition) is 2. The van der Waals surface area contributed by atoms with Crippen molar-refractivity contribution in [3.63, 3.8) is 0 Å². The molecule has 1 aromatic carbocycles. The summed E-state index contributed by atoms with van der Waals surface area (Å²) < 4.78 is 25.8. The van der Waals surface area contributed by atoms with E-state index < -0.39 is 6.43 Å². The second-order valence-electron chi connectivity index (χ2n) is 6.13. The Morgan fingerprint density at radius 1 is 1.30 bits per heavy atom. The minimum absolute atomic E-state index is 0.0579. The number of carbonyl (C=O) groups is 1. The minimum atomic E-state index is -2.47. The Labute approximate surface area is 135 Å². The van der Waals surface area contributed by atoms with Crippen LogP contribution in [-0.4, -0.2) is 10.9 Å². The van der Waals surface area contributed by atoms with Gasteiger partial charge in [-0.2, -0.15) is 0 Å². The molecule has 126 valence electrons. The molecule has 2 N–H and O–H groups in total. The summed E-state index contributed by atoms with van der Waals surface area (Å²) in [7, 11) is 0. The van der Waals surface area contributed by atoms with Gasteiger partial charge in [-0.15, -0.1) is 0 Å². The molecule has 0 atom stereocenters. The molecule has 23 heavy (non-hydrogen) atoms. The fraction of sp³-hybridized carbons (Fsp3) is 0.500. The van der Waals surface area contributed by atoms with E-state index >= 15 is 0 Å². The van der Waals surface area contributed by atoms with Crippen molar-refractivity contribution in [2.75, 3.05) is 0 Å². The number of benzene rings is 1. The van der Waals surface area contributed by atoms with Crippen LogP contribution >= 0.6 is 0 Å². The van der Waals surface area contributed by atoms with Crippen LogP contribution in [0.15, 0.2) is 18.2 Å². The number of carbonyl (C=O) groups excluding carboxylic acids is 1. The van der Waals surface area contributed by atoms with E-state index in [0.29, 0.717) is 12.1 Å². The molecule has 1 aromatic heterocycles. The second-order valence-corrected chi connectivity index (χ2v) is 6.13. The molecule has 0 radical (unpaired) electrons. The Hall–Kier alpha value is -1.91. The zero-order valence-corrected chi connectivity index (χ0v) is 14.1. The Balaban J connectivity index is 0.000000924. The highest BCUT2D eigenvalue weighted by molar-refractivity contribution is 5.85. The number of aryl methyl sites for hydroxylation is 1. The van der Waals surface area contributed by atoms with Crippen LogP contribution in [0.25, 0.3) is 10.9 Å². The van der Waals surface area contributed by atoms with Gasteiger partial charge in [0.25, 0.3) is 6.43 Å². The highest BCUT2D eigenvalue weighted by Gasteiger charge is 2.44. The molecule has 3 nitrogen and oxygen atoms in total. The fourth-order valence-corrected chi connectivity index (χ4v) is 2.50. The first-order valence-electron chi connectivity index (χ1n) is 8.08. The van der Waals surface area contributed by atoms with Crippen molar-refractivity contribution in [1.29, 1.82) is 0 Å². The molecule has 3 rings (SSSR count). The number of aromatic amines is 1. The van der Waals surface area contributed by atoms with Crippen LogP contribution < -0.4 is 5.32 Å². The van der Waals surface area contributed by atoms with Crippen LogP contribution in [0.3, 0.4) is 0 Å². The Morgan fingerprint density at radius 3 is 2.52 bits per heavy atom. The maximum absolute atomic E-state index is 12.9. The van der Waals surface area contributed by atoms with Gasteiger partial charge in [-0.05, 0) is 43.5 Å². The lowest BCUT2D eigenvalue weighted by Gasteiger charge is -2.08. The number of hydrogen-bond acceptors (Lipinski definition) is 1. The van der Waals surface area contributed by atoms with E-state index in [2.05, 4.69) is 10.3 Å². The molecule has 0 saturated heterocycles. The molecular formula is C18H24F2N2O. The molecule has 0 bridgehead atoms. The van der Waals surface area contributed by atoms with Gasteiger partial charge in [-0.1, -0.05) is 20.8 Å². The van der Waals surface area contributed by atoms with E-state index in [9.17, 15) is 13.6 Å². The first kappa shape index (κ1) is 17.4. The van der Waals surface area contributed by atoms with Gasteiger partial charge >= 0.3 is 0 Å². The van der Waals surface area contributed by atoms with Gasteiger partial charge in [0, 0.05) is 27.6 Å². The van der Waals surface area contributed by atoms with Gasteiger partial charge in [0.15, 0.2) is 0 Å². The standard InChI is InChI=1S/C16H18F2N2O.C2H6/c1-9-5-13-10(7-12(9)14(17)18)6-11(20-13)8-19-15(21)16(2)3-4-16;1-2/h5-7,14,20H,3-4,8H2,1-2H3,(H,19,21);1-2H3. The molecule has 2 aromatic rings. The quantitative estimate of drug-likeness (QED) is 0.830. The minimum Gasteiger partial charge on any atom is -0.357 e. The highest BCUT2D eigenvalue weighted by Crippen LogP contribution is 2.45. The predicted molar refractivity (Wildman–Crippen MR) is 88.5 cm³/mol. The molecule has 1 aliphatic carbocycles. The first-order valence-corrected chi connectivity index (χ1v) is 8.08. The number of H-pyrrole nitrogens is 1. The lowest BCUT2D eigenvalue weighted by atomic mass is 10.1. The van der Waals surface area contributed by atoms with E-state index in [1.807, 2.05) is 26.8 Å². The number of amides is 1. The van der Waals surface area contributed by atoms with Crippen LogP contribution in [0, 0.1) is 12.3 Å². The predicted octanol–water partition coefficient (Wildman–Crippen LogP) is 4.86. The average Bonchev–Trinajstić information content (AvgIpc) is 3.15. The van der Waals surface area contributed by atoms with Crippen molar-refractivity contribution in [2.45, 2.75) is 53.5 Å². The van der Waals surface area contributed by atoms with Crippen molar-refractivity contribution < 1.29 is 13.6 Å². The van der Waals surface area contributed by atoms with Crippen molar-refractivity contribution in [3.05, 3.63) is 35.0 Å². The van der Waals surface area contributed by atoms with Crippen molar-refractivity contribution in [3.8, 4) is 0 Å². The summed E-state index contributed by atoms with van der Waals surface area (Å²) in [6.07, 6.45) is -0.604. The number of fused-ring (bicyclic) bond motifs is 1. The number of aromatic nitrogens is 1. The largest absolute Gasteiger partial charge is 0.357 e. The Morgan fingerprint density at radius 2 is 1.96 bits per heavy atom. The maximum atomic E-state index is 12.9. The lowest BCUT2D eigenvalue weighted by molar-refractivity contribution is -0.125. The molecule has 0 spiro atoms. The van der Waals surface area contributed by atoms with Gasteiger partial charge in [0.05, 0.1) is 6.54 Å². The molecule has 0 aliphatic heterocycles. The summed E-state index contributed by atoms with van der Waals surface area (Å²) in [6.45, 7) is 8.02. The summed E-state index contributed by atoms with van der Waals surface area (Å²) in [6, 6.07) is 5.06. The molecule has 1 saturated carbocycles. The zero-order valence-electron chi connectivity index (χ0n) is 14.1. The summed E-state index contributed by atoms with van der Waals surface area (Å²) in [5.41, 5.74) is 2.07. The van der Waals surface area contributed by atoms with Crippen LogP contribution in [0.4, 0.5) is 8.78 Å². The maximum Gasteiger partial charge on any atom is 0.264 e. The number of nitrogens with one attached hydrogen (secondary N) is 2. The lowest BCUT2D eigenvalue weighted by Crippen LogP contribution is -2.29. The molecule has 1 aliphatic rings. The van der Waals surface area contributed by atoms with Crippen molar-refractivity contribution in [1.82, 2.24) is 10.3 Å². The van der Waals surface area contributed by atoms with Crippen LogP contribution in [0.5, 0.6) is 0 Å². The zero-order chi connectivity index (χ0) is 17.2. The van der Waals surface area contributed by atoms with E-state index in [1.54, 1.807) is 13.0 Å². The van der Waals surface area contributed by atoms with Gasteiger partial charge in [0.2, 0.25) is 5.91 Å². The monoisotopic (exact) mass is 322 g/mol. The molecule has 1 heterocycles. The van der Waals surface area contributed by atoms with Crippen molar-refractivity contribution >= 4 is 16.8 Å². The summed E-state index contributed by atoms with van der Waals surface area (Å²) >= 11 is 0. The van der Waals surface area contributed by atoms with Crippen molar-refractivity contribution in [2.24, 2.45) is 5.41 Å². The van der Waals surface area contributed by atoms with Gasteiger partial charge in [0.1, 0.15) is 0 Å². The van der Waals surface area contributed by atoms with Crippen LogP contribution in [0.1, 0.15) is 56.9 Å². The summed E-state index contributed by atoms with van der Waals surface area (Å²) in [4.78, 5) is 15.1. The smallest absolute Gasteiger partial charge is 0.264 e. The van der Waals surface area contributed by atoms with E-state index in [4.69, 9.17) is 0 Å². The second kappa shape index (κ2) is 6.69. The third kappa shape index (κ3) is 3.71. The van der Waals surface area contributed by atoms with Gasteiger partial charge in [-0.3, -0.25) is 4.79 Å². The fourth-order valence-electron chi connectivity index (χ4n) is 2.50.